The molecule has 0 saturated carbocycles. The second-order valence-electron chi connectivity index (χ2n) is 10.0. The number of methoxy groups -OCH3 is 3. The first kappa shape index (κ1) is 31.1. The van der Waals surface area contributed by atoms with Gasteiger partial charge in [0.25, 0.3) is 5.91 Å². The van der Waals surface area contributed by atoms with E-state index in [2.05, 4.69) is 20.8 Å². The van der Waals surface area contributed by atoms with E-state index >= 15 is 0 Å². The van der Waals surface area contributed by atoms with Crippen molar-refractivity contribution >= 4 is 10.2 Å². The number of hydrogen-bond acceptors (Lipinski definition) is 4. The largest absolute Gasteiger partial charge is 0.371 e. The zero-order valence-corrected chi connectivity index (χ0v) is 24.3. The fraction of sp³-hybridized carbons (Fsp3) is 1.00. The molecule has 0 aliphatic rings. The first-order valence-corrected chi connectivity index (χ1v) is 14.7. The molecule has 0 aliphatic carbocycles. The SMILES string of the molecule is CCCCCCCCCCCCCCCCCC(C)(C)C(C[SiH3])(OC)C(N)(OC)OC. The second kappa shape index (κ2) is 17.5. The van der Waals surface area contributed by atoms with Gasteiger partial charge in [0.15, 0.2) is 0 Å². The molecule has 4 nitrogen and oxygen atoms in total. The molecule has 0 aromatic heterocycles. The molecule has 31 heavy (non-hydrogen) atoms. The molecule has 0 aromatic carbocycles. The van der Waals surface area contributed by atoms with Gasteiger partial charge >= 0.3 is 0 Å². The lowest BCUT2D eigenvalue weighted by Crippen LogP contribution is -2.69. The van der Waals surface area contributed by atoms with Crippen LogP contribution in [0.3, 0.4) is 0 Å². The molecule has 0 aliphatic heterocycles. The normalized spacial score (nSPS) is 14.8. The second-order valence-corrected chi connectivity index (χ2v) is 10.8. The third-order valence-corrected chi connectivity index (χ3v) is 8.51. The van der Waals surface area contributed by atoms with Gasteiger partial charge in [-0.1, -0.05) is 117 Å². The maximum Gasteiger partial charge on any atom is 0.255 e. The summed E-state index contributed by atoms with van der Waals surface area (Å²) in [5, 5.41) is 0. The van der Waals surface area contributed by atoms with Crippen molar-refractivity contribution in [3.05, 3.63) is 0 Å². The predicted molar refractivity (Wildman–Crippen MR) is 139 cm³/mol. The molecule has 0 aromatic rings. The van der Waals surface area contributed by atoms with E-state index in [1.807, 2.05) is 0 Å². The van der Waals surface area contributed by atoms with Crippen LogP contribution < -0.4 is 5.73 Å². The Labute approximate surface area is 198 Å². The van der Waals surface area contributed by atoms with E-state index in [1.54, 1.807) is 21.3 Å². The number of hydrogen-bond donors (Lipinski definition) is 1. The summed E-state index contributed by atoms with van der Waals surface area (Å²) in [4.78, 5) is 0. The molecule has 0 rings (SSSR count). The Hall–Kier alpha value is 0.0569. The first-order valence-electron chi connectivity index (χ1n) is 13.2. The van der Waals surface area contributed by atoms with Crippen molar-refractivity contribution in [3.8, 4) is 0 Å². The molecule has 0 heterocycles. The van der Waals surface area contributed by atoms with Crippen LogP contribution >= 0.6 is 0 Å². The topological polar surface area (TPSA) is 53.7 Å². The molecule has 0 bridgehead atoms. The van der Waals surface area contributed by atoms with Crippen molar-refractivity contribution in [2.75, 3.05) is 21.3 Å². The highest BCUT2D eigenvalue weighted by Gasteiger charge is 2.58. The van der Waals surface area contributed by atoms with E-state index in [1.165, 1.54) is 96.3 Å². The molecule has 0 fully saturated rings. The van der Waals surface area contributed by atoms with Crippen LogP contribution in [0.4, 0.5) is 0 Å². The van der Waals surface area contributed by atoms with Crippen molar-refractivity contribution in [2.24, 2.45) is 11.1 Å². The summed E-state index contributed by atoms with van der Waals surface area (Å²) in [5.41, 5.74) is 5.73. The minimum Gasteiger partial charge on any atom is -0.371 e. The Bertz CT molecular complexity index is 409. The fourth-order valence-corrected chi connectivity index (χ4v) is 7.05. The maximum absolute atomic E-state index is 6.49. The van der Waals surface area contributed by atoms with Crippen LogP contribution in [0, 0.1) is 5.41 Å². The molecule has 2 N–H and O–H groups in total. The highest BCUT2D eigenvalue weighted by atomic mass is 28.1. The summed E-state index contributed by atoms with van der Waals surface area (Å²) in [6.45, 7) is 6.78. The summed E-state index contributed by atoms with van der Waals surface area (Å²) in [6.07, 6.45) is 21.9. The van der Waals surface area contributed by atoms with E-state index in [4.69, 9.17) is 19.9 Å². The molecule has 0 radical (unpaired) electrons. The van der Waals surface area contributed by atoms with E-state index < -0.39 is 11.5 Å². The molecule has 0 saturated heterocycles. The lowest BCUT2D eigenvalue weighted by molar-refractivity contribution is -0.329. The number of nitrogens with two attached hydrogens (primary N) is 1. The van der Waals surface area contributed by atoms with Crippen LogP contribution in [0.25, 0.3) is 0 Å². The van der Waals surface area contributed by atoms with E-state index in [9.17, 15) is 0 Å². The zero-order chi connectivity index (χ0) is 23.6. The first-order chi connectivity index (χ1) is 14.8. The van der Waals surface area contributed by atoms with Crippen molar-refractivity contribution in [3.63, 3.8) is 0 Å². The molecule has 0 amide bonds. The minimum absolute atomic E-state index is 0.124. The molecule has 188 valence electrons. The Balaban J connectivity index is 3.99. The summed E-state index contributed by atoms with van der Waals surface area (Å²) in [7, 11) is 5.93. The number of unbranched alkanes of at least 4 members (excludes halogenated alkanes) is 14. The molecule has 1 unspecified atom stereocenters. The van der Waals surface area contributed by atoms with Crippen molar-refractivity contribution in [1.82, 2.24) is 0 Å². The van der Waals surface area contributed by atoms with E-state index in [0.29, 0.717) is 0 Å². The van der Waals surface area contributed by atoms with Gasteiger partial charge in [-0.05, 0) is 12.5 Å². The molecular formula is C26H57NO3Si. The van der Waals surface area contributed by atoms with Gasteiger partial charge in [-0.2, -0.15) is 0 Å². The lowest BCUT2D eigenvalue weighted by Gasteiger charge is -2.53. The van der Waals surface area contributed by atoms with Crippen LogP contribution in [0.2, 0.25) is 6.04 Å². The summed E-state index contributed by atoms with van der Waals surface area (Å²) < 4.78 is 17.2. The van der Waals surface area contributed by atoms with Gasteiger partial charge in [-0.3, -0.25) is 5.73 Å². The molecular weight excluding hydrogens is 402 g/mol. The standard InChI is InChI=1S/C26H57NO3Si/c1-7-8-9-10-11-12-13-14-15-16-17-18-19-20-21-22-24(2,3)25(23-31,28-4)26(27,29-5)30-6/h7-23,27H2,1-6,31H3. The molecule has 5 heteroatoms. The van der Waals surface area contributed by atoms with Crippen molar-refractivity contribution in [1.29, 1.82) is 0 Å². The average molecular weight is 460 g/mol. The van der Waals surface area contributed by atoms with Crippen LogP contribution in [0.5, 0.6) is 0 Å². The van der Waals surface area contributed by atoms with Gasteiger partial charge in [-0.25, -0.2) is 0 Å². The van der Waals surface area contributed by atoms with Crippen LogP contribution in [-0.2, 0) is 14.2 Å². The molecule has 0 spiro atoms. The Kier molecular flexibility index (Phi) is 17.6. The smallest absolute Gasteiger partial charge is 0.255 e. The quantitative estimate of drug-likeness (QED) is 0.116. The highest BCUT2D eigenvalue weighted by Crippen LogP contribution is 2.47. The lowest BCUT2D eigenvalue weighted by atomic mass is 9.69. The monoisotopic (exact) mass is 459 g/mol. The third kappa shape index (κ3) is 10.2. The van der Waals surface area contributed by atoms with Gasteiger partial charge < -0.3 is 14.2 Å². The third-order valence-electron chi connectivity index (χ3n) is 7.51. The van der Waals surface area contributed by atoms with Gasteiger partial charge in [0.05, 0.1) is 0 Å². The van der Waals surface area contributed by atoms with Crippen LogP contribution in [0.1, 0.15) is 124 Å². The van der Waals surface area contributed by atoms with Gasteiger partial charge in [0.1, 0.15) is 5.60 Å². The van der Waals surface area contributed by atoms with Gasteiger partial charge in [0.2, 0.25) is 0 Å². The average Bonchev–Trinajstić information content (AvgIpc) is 2.77. The van der Waals surface area contributed by atoms with Crippen LogP contribution in [-0.4, -0.2) is 43.1 Å². The Morgan fingerprint density at radius 3 is 1.26 bits per heavy atom. The predicted octanol–water partition coefficient (Wildman–Crippen LogP) is 6.35. The maximum atomic E-state index is 6.49. The Morgan fingerprint density at radius 2 is 0.968 bits per heavy atom. The summed E-state index contributed by atoms with van der Waals surface area (Å²) in [6, 6.07) is 0.868. The number of rotatable bonds is 22. The zero-order valence-electron chi connectivity index (χ0n) is 22.3. The summed E-state index contributed by atoms with van der Waals surface area (Å²) in [5.74, 6) is -1.22. The van der Waals surface area contributed by atoms with Crippen molar-refractivity contribution in [2.45, 2.75) is 141 Å². The number of ether oxygens (including phenoxy) is 3. The van der Waals surface area contributed by atoms with Gasteiger partial charge in [0, 0.05) is 37.0 Å². The fourth-order valence-electron chi connectivity index (χ4n) is 5.31. The summed E-state index contributed by atoms with van der Waals surface area (Å²) >= 11 is 0. The van der Waals surface area contributed by atoms with Crippen LogP contribution in [0.15, 0.2) is 0 Å². The van der Waals surface area contributed by atoms with Gasteiger partial charge in [-0.15, -0.1) is 0 Å². The van der Waals surface area contributed by atoms with Crippen molar-refractivity contribution < 1.29 is 14.2 Å². The van der Waals surface area contributed by atoms with E-state index in [-0.39, 0.29) is 5.41 Å². The molecule has 1 atom stereocenters. The Morgan fingerprint density at radius 1 is 0.613 bits per heavy atom. The highest BCUT2D eigenvalue weighted by molar-refractivity contribution is 6.09. The van der Waals surface area contributed by atoms with E-state index in [0.717, 1.165) is 22.7 Å². The minimum atomic E-state index is -1.22.